The molecule has 27 heavy (non-hydrogen) atoms. The van der Waals surface area contributed by atoms with Crippen molar-refractivity contribution in [1.82, 2.24) is 4.57 Å². The second-order valence-corrected chi connectivity index (χ2v) is 6.81. The van der Waals surface area contributed by atoms with Gasteiger partial charge in [-0.2, -0.15) is 0 Å². The third-order valence-electron chi connectivity index (χ3n) is 4.58. The van der Waals surface area contributed by atoms with E-state index in [9.17, 15) is 9.90 Å². The number of aromatic carboxylic acids is 1. The normalized spacial score (nSPS) is 11.0. The van der Waals surface area contributed by atoms with Crippen LogP contribution in [0.5, 0.6) is 5.75 Å². The van der Waals surface area contributed by atoms with Crippen LogP contribution in [0.2, 0.25) is 10.0 Å². The lowest BCUT2D eigenvalue weighted by atomic mass is 10.2. The molecule has 1 aromatic heterocycles. The molecule has 7 heteroatoms. The number of benzene rings is 2. The Bertz CT molecular complexity index is 1010. The molecule has 0 saturated heterocycles. The van der Waals surface area contributed by atoms with Crippen molar-refractivity contribution in [2.75, 3.05) is 25.1 Å². The number of ether oxygens (including phenoxy) is 1. The van der Waals surface area contributed by atoms with E-state index in [4.69, 9.17) is 27.9 Å². The molecule has 1 heterocycles. The number of carboxylic acids is 1. The number of carboxylic acid groups (broad SMARTS) is 1. The lowest BCUT2D eigenvalue weighted by Crippen LogP contribution is -2.24. The maximum Gasteiger partial charge on any atom is 0.355 e. The summed E-state index contributed by atoms with van der Waals surface area (Å²) in [6.07, 6.45) is 0. The minimum absolute atomic E-state index is 0.167. The Morgan fingerprint density at radius 1 is 1.15 bits per heavy atom. The molecule has 0 atom stereocenters. The van der Waals surface area contributed by atoms with Crippen LogP contribution in [0.3, 0.4) is 0 Å². The summed E-state index contributed by atoms with van der Waals surface area (Å²) in [5, 5.41) is 11.6. The van der Waals surface area contributed by atoms with Gasteiger partial charge >= 0.3 is 5.97 Å². The molecule has 3 rings (SSSR count). The molecule has 2 aromatic carbocycles. The maximum atomic E-state index is 12.3. The van der Waals surface area contributed by atoms with Crippen LogP contribution in [-0.4, -0.2) is 35.8 Å². The fourth-order valence-electron chi connectivity index (χ4n) is 3.34. The predicted octanol–water partition coefficient (Wildman–Crippen LogP) is 5.49. The second-order valence-electron chi connectivity index (χ2n) is 6.00. The van der Waals surface area contributed by atoms with Gasteiger partial charge in [0.15, 0.2) is 5.69 Å². The Balaban J connectivity index is 2.49. The summed E-state index contributed by atoms with van der Waals surface area (Å²) >= 11 is 12.5. The molecule has 142 valence electrons. The fourth-order valence-corrected chi connectivity index (χ4v) is 3.66. The summed E-state index contributed by atoms with van der Waals surface area (Å²) in [5.41, 5.74) is 2.15. The van der Waals surface area contributed by atoms with Gasteiger partial charge in [-0.3, -0.25) is 0 Å². The van der Waals surface area contributed by atoms with Crippen molar-refractivity contribution in [3.63, 3.8) is 0 Å². The highest BCUT2D eigenvalue weighted by Crippen LogP contribution is 2.40. The molecule has 1 N–H and O–H groups in total. The summed E-state index contributed by atoms with van der Waals surface area (Å²) in [4.78, 5) is 14.3. The number of fused-ring (bicyclic) bond motifs is 1. The molecule has 0 bridgehead atoms. The minimum Gasteiger partial charge on any atom is -0.497 e. The first kappa shape index (κ1) is 19.4. The highest BCUT2D eigenvalue weighted by Gasteiger charge is 2.27. The quantitative estimate of drug-likeness (QED) is 0.587. The summed E-state index contributed by atoms with van der Waals surface area (Å²) in [5.74, 6) is -0.390. The monoisotopic (exact) mass is 406 g/mol. The van der Waals surface area contributed by atoms with Crippen LogP contribution in [0.25, 0.3) is 16.6 Å². The third-order valence-corrected chi connectivity index (χ3v) is 5.30. The summed E-state index contributed by atoms with van der Waals surface area (Å²) in [7, 11) is 1.57. The second kappa shape index (κ2) is 7.71. The molecule has 0 amide bonds. The smallest absolute Gasteiger partial charge is 0.355 e. The molecule has 0 aliphatic rings. The zero-order valence-electron chi connectivity index (χ0n) is 15.3. The number of anilines is 1. The van der Waals surface area contributed by atoms with Crippen molar-refractivity contribution in [3.05, 3.63) is 52.1 Å². The zero-order valence-corrected chi connectivity index (χ0v) is 16.8. The number of rotatable bonds is 6. The first-order valence-electron chi connectivity index (χ1n) is 8.59. The van der Waals surface area contributed by atoms with Gasteiger partial charge in [-0.25, -0.2) is 4.79 Å². The highest BCUT2D eigenvalue weighted by atomic mass is 35.5. The number of nitrogens with zero attached hydrogens (tertiary/aromatic N) is 2. The zero-order chi connectivity index (χ0) is 19.7. The SMILES string of the molecule is CCN(CC)c1c(C(=O)O)n(-c2cccc(OC)c2)c2cc(Cl)c(Cl)cc12. The number of hydrogen-bond donors (Lipinski definition) is 1. The number of hydrogen-bond acceptors (Lipinski definition) is 3. The maximum absolute atomic E-state index is 12.3. The van der Waals surface area contributed by atoms with Crippen LogP contribution in [0.1, 0.15) is 24.3 Å². The van der Waals surface area contributed by atoms with Crippen molar-refractivity contribution in [2.24, 2.45) is 0 Å². The predicted molar refractivity (Wildman–Crippen MR) is 110 cm³/mol. The van der Waals surface area contributed by atoms with Crippen LogP contribution in [-0.2, 0) is 0 Å². The summed E-state index contributed by atoms with van der Waals surface area (Å²) in [6, 6.07) is 10.7. The minimum atomic E-state index is -1.02. The van der Waals surface area contributed by atoms with Crippen LogP contribution >= 0.6 is 23.2 Å². The van der Waals surface area contributed by atoms with Crippen LogP contribution in [0.15, 0.2) is 36.4 Å². The van der Waals surface area contributed by atoms with Gasteiger partial charge in [0.2, 0.25) is 0 Å². The average molecular weight is 407 g/mol. The first-order chi connectivity index (χ1) is 12.9. The van der Waals surface area contributed by atoms with Crippen molar-refractivity contribution in [1.29, 1.82) is 0 Å². The van der Waals surface area contributed by atoms with Crippen molar-refractivity contribution >= 4 is 45.8 Å². The molecule has 3 aromatic rings. The van der Waals surface area contributed by atoms with Gasteiger partial charge in [-0.15, -0.1) is 0 Å². The molecule has 5 nitrogen and oxygen atoms in total. The standard InChI is InChI=1S/C20H20Cl2N2O3/c1-4-23(5-2)18-14-10-15(21)16(22)11-17(14)24(19(18)20(25)26)12-7-6-8-13(9-12)27-3/h6-11H,4-5H2,1-3H3,(H,25,26). The molecule has 0 unspecified atom stereocenters. The molecular formula is C20H20Cl2N2O3. The molecule has 0 aliphatic heterocycles. The van der Waals surface area contributed by atoms with E-state index in [1.807, 2.05) is 36.9 Å². The van der Waals surface area contributed by atoms with E-state index >= 15 is 0 Å². The topological polar surface area (TPSA) is 54.7 Å². The fraction of sp³-hybridized carbons (Fsp3) is 0.250. The summed E-state index contributed by atoms with van der Waals surface area (Å²) < 4.78 is 7.00. The van der Waals surface area contributed by atoms with Gasteiger partial charge in [0, 0.05) is 24.5 Å². The Labute approximate surface area is 167 Å². The van der Waals surface area contributed by atoms with E-state index in [1.165, 1.54) is 0 Å². The third kappa shape index (κ3) is 3.33. The van der Waals surface area contributed by atoms with E-state index in [1.54, 1.807) is 29.9 Å². The van der Waals surface area contributed by atoms with E-state index in [0.717, 1.165) is 5.39 Å². The van der Waals surface area contributed by atoms with E-state index in [0.29, 0.717) is 45.8 Å². The Kier molecular flexibility index (Phi) is 5.53. The summed E-state index contributed by atoms with van der Waals surface area (Å²) in [6.45, 7) is 5.30. The lowest BCUT2D eigenvalue weighted by molar-refractivity contribution is 0.0689. The first-order valence-corrected chi connectivity index (χ1v) is 9.34. The van der Waals surface area contributed by atoms with E-state index in [-0.39, 0.29) is 5.69 Å². The molecular weight excluding hydrogens is 387 g/mol. The molecule has 0 aliphatic carbocycles. The van der Waals surface area contributed by atoms with Crippen LogP contribution in [0.4, 0.5) is 5.69 Å². The molecule has 0 fully saturated rings. The largest absolute Gasteiger partial charge is 0.497 e. The number of aromatic nitrogens is 1. The Morgan fingerprint density at radius 2 is 1.81 bits per heavy atom. The van der Waals surface area contributed by atoms with Gasteiger partial charge in [-0.1, -0.05) is 29.3 Å². The molecule has 0 spiro atoms. The highest BCUT2D eigenvalue weighted by molar-refractivity contribution is 6.43. The van der Waals surface area contributed by atoms with Gasteiger partial charge in [-0.05, 0) is 38.1 Å². The number of methoxy groups -OCH3 is 1. The van der Waals surface area contributed by atoms with E-state index in [2.05, 4.69) is 0 Å². The van der Waals surface area contributed by atoms with E-state index < -0.39 is 5.97 Å². The Hall–Kier alpha value is -2.37. The van der Waals surface area contributed by atoms with Gasteiger partial charge < -0.3 is 19.3 Å². The van der Waals surface area contributed by atoms with Crippen molar-refractivity contribution < 1.29 is 14.6 Å². The van der Waals surface area contributed by atoms with Crippen LogP contribution in [0, 0.1) is 0 Å². The van der Waals surface area contributed by atoms with Crippen molar-refractivity contribution in [3.8, 4) is 11.4 Å². The van der Waals surface area contributed by atoms with Crippen molar-refractivity contribution in [2.45, 2.75) is 13.8 Å². The van der Waals surface area contributed by atoms with Gasteiger partial charge in [0.1, 0.15) is 5.75 Å². The number of carbonyl (C=O) groups is 1. The number of halogens is 2. The van der Waals surface area contributed by atoms with Gasteiger partial charge in [0.25, 0.3) is 0 Å². The van der Waals surface area contributed by atoms with Crippen LogP contribution < -0.4 is 9.64 Å². The lowest BCUT2D eigenvalue weighted by Gasteiger charge is -2.21. The Morgan fingerprint density at radius 3 is 2.41 bits per heavy atom. The average Bonchev–Trinajstić information content (AvgIpc) is 2.98. The molecule has 0 saturated carbocycles. The molecule has 0 radical (unpaired) electrons. The van der Waals surface area contributed by atoms with Gasteiger partial charge in [0.05, 0.1) is 34.0 Å².